The number of nitrogens with one attached hydrogen (secondary N) is 3. The summed E-state index contributed by atoms with van der Waals surface area (Å²) in [6, 6.07) is 18.9. The smallest absolute Gasteiger partial charge is 0.382 e. The number of aryl methyl sites for hydroxylation is 2. The van der Waals surface area contributed by atoms with E-state index in [0.29, 0.717) is 12.1 Å². The van der Waals surface area contributed by atoms with Gasteiger partial charge in [-0.1, -0.05) is 60.2 Å². The fourth-order valence-corrected chi connectivity index (χ4v) is 3.87. The summed E-state index contributed by atoms with van der Waals surface area (Å²) in [6.45, 7) is 4.08. The zero-order chi connectivity index (χ0) is 27.1. The van der Waals surface area contributed by atoms with Crippen LogP contribution in [0.25, 0.3) is 0 Å². The van der Waals surface area contributed by atoms with E-state index >= 15 is 0 Å². The number of alkyl halides is 3. The molecular formula is C28H30F3N3O3. The molecule has 2 amide bonds. The molecule has 1 unspecified atom stereocenters. The van der Waals surface area contributed by atoms with Crippen molar-refractivity contribution in [2.75, 3.05) is 19.6 Å². The average molecular weight is 514 g/mol. The summed E-state index contributed by atoms with van der Waals surface area (Å²) in [5, 5.41) is 19.6. The number of hydrogen-bond acceptors (Lipinski definition) is 4. The van der Waals surface area contributed by atoms with Crippen molar-refractivity contribution in [3.8, 4) is 0 Å². The molecule has 0 saturated heterocycles. The van der Waals surface area contributed by atoms with Crippen LogP contribution in [0.2, 0.25) is 0 Å². The van der Waals surface area contributed by atoms with Crippen LogP contribution in [0.1, 0.15) is 38.2 Å². The quantitative estimate of drug-likeness (QED) is 0.332. The van der Waals surface area contributed by atoms with E-state index in [2.05, 4.69) is 22.0 Å². The van der Waals surface area contributed by atoms with Crippen molar-refractivity contribution in [1.82, 2.24) is 16.0 Å². The normalized spacial score (nSPS) is 13.0. The van der Waals surface area contributed by atoms with Crippen LogP contribution in [0, 0.1) is 13.8 Å². The Balaban J connectivity index is 1.59. The highest BCUT2D eigenvalue weighted by atomic mass is 19.4. The van der Waals surface area contributed by atoms with Gasteiger partial charge in [0.2, 0.25) is 5.91 Å². The van der Waals surface area contributed by atoms with Gasteiger partial charge in [0.15, 0.2) is 0 Å². The second-order valence-electron chi connectivity index (χ2n) is 8.97. The van der Waals surface area contributed by atoms with E-state index in [1.807, 2.05) is 32.0 Å². The minimum atomic E-state index is -4.58. The van der Waals surface area contributed by atoms with Gasteiger partial charge in [0.25, 0.3) is 5.91 Å². The van der Waals surface area contributed by atoms with Crippen molar-refractivity contribution in [3.63, 3.8) is 0 Å². The summed E-state index contributed by atoms with van der Waals surface area (Å²) in [7, 11) is 0. The highest BCUT2D eigenvalue weighted by Gasteiger charge is 2.31. The minimum absolute atomic E-state index is 0.140. The summed E-state index contributed by atoms with van der Waals surface area (Å²) in [5.74, 6) is -1.40. The maximum Gasteiger partial charge on any atom is 0.416 e. The fraction of sp³-hybridized carbons (Fsp3) is 0.286. The van der Waals surface area contributed by atoms with Crippen molar-refractivity contribution in [2.45, 2.75) is 32.2 Å². The molecule has 1 atom stereocenters. The van der Waals surface area contributed by atoms with Crippen LogP contribution < -0.4 is 16.0 Å². The molecule has 0 saturated carbocycles. The summed E-state index contributed by atoms with van der Waals surface area (Å²) in [4.78, 5) is 24.7. The number of amides is 2. The molecule has 37 heavy (non-hydrogen) atoms. The van der Waals surface area contributed by atoms with Crippen molar-refractivity contribution >= 4 is 11.8 Å². The van der Waals surface area contributed by atoms with Crippen LogP contribution in [-0.4, -0.2) is 36.6 Å². The molecular weight excluding hydrogens is 483 g/mol. The van der Waals surface area contributed by atoms with Gasteiger partial charge < -0.3 is 21.1 Å². The molecule has 0 aliphatic carbocycles. The molecule has 4 N–H and O–H groups in total. The average Bonchev–Trinajstić information content (AvgIpc) is 2.87. The van der Waals surface area contributed by atoms with E-state index in [0.717, 1.165) is 34.9 Å². The molecule has 0 aromatic heterocycles. The highest BCUT2D eigenvalue weighted by Crippen LogP contribution is 2.29. The monoisotopic (exact) mass is 513 g/mol. The van der Waals surface area contributed by atoms with Gasteiger partial charge in [-0.2, -0.15) is 13.2 Å². The van der Waals surface area contributed by atoms with E-state index in [9.17, 15) is 27.9 Å². The third kappa shape index (κ3) is 7.90. The van der Waals surface area contributed by atoms with Crippen molar-refractivity contribution in [1.29, 1.82) is 0 Å². The molecule has 0 spiro atoms. The van der Waals surface area contributed by atoms with Gasteiger partial charge >= 0.3 is 6.18 Å². The lowest BCUT2D eigenvalue weighted by atomic mass is 9.93. The van der Waals surface area contributed by atoms with Crippen molar-refractivity contribution < 1.29 is 27.9 Å². The zero-order valence-corrected chi connectivity index (χ0v) is 20.7. The SMILES string of the molecule is Cc1ccc(CNCC(O)(CNC(=O)CNC(=O)c2cccc(C(F)(F)F)c2)c2ccccc2)c(C)c1. The first kappa shape index (κ1) is 27.9. The van der Waals surface area contributed by atoms with E-state index in [-0.39, 0.29) is 18.7 Å². The molecule has 3 aromatic carbocycles. The number of benzene rings is 3. The summed E-state index contributed by atoms with van der Waals surface area (Å²) in [5.41, 5.74) is 1.36. The van der Waals surface area contributed by atoms with E-state index in [1.165, 1.54) is 6.07 Å². The fourth-order valence-electron chi connectivity index (χ4n) is 3.87. The number of rotatable bonds is 10. The van der Waals surface area contributed by atoms with Gasteiger partial charge in [-0.15, -0.1) is 0 Å². The Kier molecular flexibility index (Phi) is 9.07. The standard InChI is InChI=1S/C28H30F3N3O3/c1-19-11-12-22(20(2)13-19)15-32-17-27(37,23-8-4-3-5-9-23)18-34-25(35)16-33-26(36)21-7-6-10-24(14-21)28(29,30)31/h3-14,32,37H,15-18H2,1-2H3,(H,33,36)(H,34,35). The molecule has 6 nitrogen and oxygen atoms in total. The number of halogens is 3. The van der Waals surface area contributed by atoms with Crippen molar-refractivity contribution in [2.24, 2.45) is 0 Å². The largest absolute Gasteiger partial charge is 0.416 e. The second-order valence-corrected chi connectivity index (χ2v) is 8.97. The Hall–Kier alpha value is -3.69. The van der Waals surface area contributed by atoms with Gasteiger partial charge in [0.05, 0.1) is 18.7 Å². The topological polar surface area (TPSA) is 90.5 Å². The molecule has 0 bridgehead atoms. The first-order chi connectivity index (χ1) is 17.5. The third-order valence-electron chi connectivity index (χ3n) is 5.98. The van der Waals surface area contributed by atoms with Crippen LogP contribution >= 0.6 is 0 Å². The molecule has 0 fully saturated rings. The molecule has 3 aromatic rings. The maximum atomic E-state index is 12.9. The first-order valence-electron chi connectivity index (χ1n) is 11.7. The molecule has 9 heteroatoms. The van der Waals surface area contributed by atoms with Gasteiger partial charge in [-0.3, -0.25) is 9.59 Å². The summed E-state index contributed by atoms with van der Waals surface area (Å²) >= 11 is 0. The van der Waals surface area contributed by atoms with E-state index < -0.39 is 35.7 Å². The number of carbonyl (C=O) groups is 2. The summed E-state index contributed by atoms with van der Waals surface area (Å²) < 4.78 is 38.7. The molecule has 0 radical (unpaired) electrons. The van der Waals surface area contributed by atoms with Crippen LogP contribution in [0.3, 0.4) is 0 Å². The Morgan fingerprint density at radius 1 is 0.838 bits per heavy atom. The maximum absolute atomic E-state index is 12.9. The Morgan fingerprint density at radius 3 is 2.22 bits per heavy atom. The highest BCUT2D eigenvalue weighted by molar-refractivity contribution is 5.96. The number of carbonyl (C=O) groups excluding carboxylic acids is 2. The van der Waals surface area contributed by atoms with E-state index in [4.69, 9.17) is 0 Å². The zero-order valence-electron chi connectivity index (χ0n) is 20.7. The number of aliphatic hydroxyl groups is 1. The molecule has 0 aliphatic rings. The molecule has 196 valence electrons. The van der Waals surface area contributed by atoms with Gasteiger partial charge in [0.1, 0.15) is 5.60 Å². The van der Waals surface area contributed by atoms with E-state index in [1.54, 1.807) is 24.3 Å². The lowest BCUT2D eigenvalue weighted by Crippen LogP contribution is -2.49. The first-order valence-corrected chi connectivity index (χ1v) is 11.7. The Labute approximate surface area is 213 Å². The Bertz CT molecular complexity index is 1230. The van der Waals surface area contributed by atoms with Gasteiger partial charge in [-0.25, -0.2) is 0 Å². The van der Waals surface area contributed by atoms with Crippen LogP contribution in [0.4, 0.5) is 13.2 Å². The van der Waals surface area contributed by atoms with Crippen molar-refractivity contribution in [3.05, 3.63) is 106 Å². The lowest BCUT2D eigenvalue weighted by molar-refractivity contribution is -0.137. The number of hydrogen-bond donors (Lipinski definition) is 4. The second kappa shape index (κ2) is 12.0. The molecule has 0 aliphatic heterocycles. The molecule has 0 heterocycles. The predicted octanol–water partition coefficient (Wildman–Crippen LogP) is 3.85. The summed E-state index contributed by atoms with van der Waals surface area (Å²) in [6.07, 6.45) is -4.58. The van der Waals surface area contributed by atoms with Crippen LogP contribution in [0.5, 0.6) is 0 Å². The van der Waals surface area contributed by atoms with Crippen LogP contribution in [-0.2, 0) is 23.1 Å². The predicted molar refractivity (Wildman–Crippen MR) is 135 cm³/mol. The Morgan fingerprint density at radius 2 is 1.54 bits per heavy atom. The minimum Gasteiger partial charge on any atom is -0.382 e. The molecule has 3 rings (SSSR count). The van der Waals surface area contributed by atoms with Gasteiger partial charge in [0, 0.05) is 18.7 Å². The third-order valence-corrected chi connectivity index (χ3v) is 5.98. The van der Waals surface area contributed by atoms with Crippen LogP contribution in [0.15, 0.2) is 72.8 Å². The lowest BCUT2D eigenvalue weighted by Gasteiger charge is -2.29. The van der Waals surface area contributed by atoms with Gasteiger partial charge in [-0.05, 0) is 48.7 Å².